The predicted molar refractivity (Wildman–Crippen MR) is 78.7 cm³/mol. The molecule has 2 aliphatic rings. The number of hydrogen-bond donors (Lipinski definition) is 0. The maximum Gasteiger partial charge on any atom is 0.417 e. The van der Waals surface area contributed by atoms with Crippen molar-refractivity contribution in [3.8, 4) is 0 Å². The Bertz CT molecular complexity index is 565. The lowest BCUT2D eigenvalue weighted by Crippen LogP contribution is -2.41. The molecule has 1 aromatic rings. The van der Waals surface area contributed by atoms with Crippen LogP contribution in [0.5, 0.6) is 0 Å². The third-order valence-corrected chi connectivity index (χ3v) is 4.06. The fourth-order valence-corrected chi connectivity index (χ4v) is 2.93. The van der Waals surface area contributed by atoms with E-state index in [1.54, 1.807) is 0 Å². The van der Waals surface area contributed by atoms with Gasteiger partial charge in [0.05, 0.1) is 6.04 Å². The van der Waals surface area contributed by atoms with Gasteiger partial charge in [-0.1, -0.05) is 36.4 Å². The molecule has 3 rings (SSSR count). The molecule has 4 heteroatoms. The standard InChI is InChI=1S/C17H19NO3/c19-16(14-9-5-2-6-10-14)18-15(12-21-17(18)20)11-13-7-3-1-4-8-13/h1,3-4,7-9,15H,2,5-6,10-12H2/t15-/m0/s1. The molecule has 1 heterocycles. The molecule has 0 aromatic heterocycles. The summed E-state index contributed by atoms with van der Waals surface area (Å²) >= 11 is 0. The van der Waals surface area contributed by atoms with Crippen molar-refractivity contribution in [3.05, 3.63) is 47.5 Å². The number of ether oxygens (including phenoxy) is 1. The van der Waals surface area contributed by atoms with Crippen LogP contribution in [0.2, 0.25) is 0 Å². The summed E-state index contributed by atoms with van der Waals surface area (Å²) in [6, 6.07) is 9.69. The number of hydrogen-bond acceptors (Lipinski definition) is 3. The van der Waals surface area contributed by atoms with Gasteiger partial charge in [0.15, 0.2) is 0 Å². The molecule has 0 radical (unpaired) electrons. The van der Waals surface area contributed by atoms with Crippen LogP contribution in [-0.4, -0.2) is 29.5 Å². The fraction of sp³-hybridized carbons (Fsp3) is 0.412. The van der Waals surface area contributed by atoms with Crippen molar-refractivity contribution in [3.63, 3.8) is 0 Å². The summed E-state index contributed by atoms with van der Waals surface area (Å²) in [6.07, 6.45) is 5.93. The van der Waals surface area contributed by atoms with Gasteiger partial charge in [-0.3, -0.25) is 4.79 Å². The second-order valence-electron chi connectivity index (χ2n) is 5.57. The first-order valence-electron chi connectivity index (χ1n) is 7.49. The van der Waals surface area contributed by atoms with E-state index in [0.717, 1.165) is 36.8 Å². The quantitative estimate of drug-likeness (QED) is 0.857. The van der Waals surface area contributed by atoms with E-state index in [4.69, 9.17) is 4.74 Å². The van der Waals surface area contributed by atoms with E-state index in [-0.39, 0.29) is 18.6 Å². The fourth-order valence-electron chi connectivity index (χ4n) is 2.93. The summed E-state index contributed by atoms with van der Waals surface area (Å²) in [5.41, 5.74) is 1.87. The first kappa shape index (κ1) is 13.9. The van der Waals surface area contributed by atoms with Crippen molar-refractivity contribution in [2.75, 3.05) is 6.61 Å². The highest BCUT2D eigenvalue weighted by atomic mass is 16.6. The molecule has 0 bridgehead atoms. The lowest BCUT2D eigenvalue weighted by atomic mass is 9.97. The number of carbonyl (C=O) groups excluding carboxylic acids is 2. The van der Waals surface area contributed by atoms with Crippen LogP contribution >= 0.6 is 0 Å². The molecule has 2 amide bonds. The van der Waals surface area contributed by atoms with Gasteiger partial charge in [0.2, 0.25) is 0 Å². The van der Waals surface area contributed by atoms with Gasteiger partial charge in [-0.15, -0.1) is 0 Å². The Kier molecular flexibility index (Phi) is 4.04. The maximum atomic E-state index is 12.6. The number of imide groups is 1. The molecule has 1 aliphatic carbocycles. The van der Waals surface area contributed by atoms with Crippen LogP contribution in [0, 0.1) is 0 Å². The molecule has 0 saturated carbocycles. The molecule has 0 N–H and O–H groups in total. The van der Waals surface area contributed by atoms with Crippen LogP contribution in [0.1, 0.15) is 31.2 Å². The number of cyclic esters (lactones) is 1. The highest BCUT2D eigenvalue weighted by Crippen LogP contribution is 2.24. The maximum absolute atomic E-state index is 12.6. The number of nitrogens with zero attached hydrogens (tertiary/aromatic N) is 1. The van der Waals surface area contributed by atoms with Crippen LogP contribution in [-0.2, 0) is 16.0 Å². The Hall–Kier alpha value is -2.10. The van der Waals surface area contributed by atoms with Gasteiger partial charge in [0, 0.05) is 5.57 Å². The second kappa shape index (κ2) is 6.12. The topological polar surface area (TPSA) is 46.6 Å². The molecular weight excluding hydrogens is 266 g/mol. The molecule has 1 aromatic carbocycles. The van der Waals surface area contributed by atoms with E-state index >= 15 is 0 Å². The van der Waals surface area contributed by atoms with E-state index in [1.165, 1.54) is 4.90 Å². The summed E-state index contributed by atoms with van der Waals surface area (Å²) in [5.74, 6) is -0.168. The highest BCUT2D eigenvalue weighted by Gasteiger charge is 2.39. The van der Waals surface area contributed by atoms with Gasteiger partial charge in [0.1, 0.15) is 6.61 Å². The Morgan fingerprint density at radius 3 is 2.76 bits per heavy atom. The van der Waals surface area contributed by atoms with E-state index < -0.39 is 6.09 Å². The molecule has 1 fully saturated rings. The average Bonchev–Trinajstić information content (AvgIpc) is 2.89. The summed E-state index contributed by atoms with van der Waals surface area (Å²) in [7, 11) is 0. The third-order valence-electron chi connectivity index (χ3n) is 4.06. The van der Waals surface area contributed by atoms with E-state index in [0.29, 0.717) is 6.42 Å². The van der Waals surface area contributed by atoms with Crippen LogP contribution in [0.15, 0.2) is 42.0 Å². The largest absolute Gasteiger partial charge is 0.447 e. The minimum absolute atomic E-state index is 0.168. The van der Waals surface area contributed by atoms with Crippen molar-refractivity contribution in [1.82, 2.24) is 4.90 Å². The molecule has 4 nitrogen and oxygen atoms in total. The van der Waals surface area contributed by atoms with Crippen LogP contribution in [0.4, 0.5) is 4.79 Å². The summed E-state index contributed by atoms with van der Waals surface area (Å²) in [5, 5.41) is 0. The van der Waals surface area contributed by atoms with Crippen molar-refractivity contribution in [2.24, 2.45) is 0 Å². The second-order valence-corrected chi connectivity index (χ2v) is 5.57. The number of benzene rings is 1. The first-order valence-corrected chi connectivity index (χ1v) is 7.49. The molecule has 110 valence electrons. The Balaban J connectivity index is 1.76. The predicted octanol–water partition coefficient (Wildman–Crippen LogP) is 3.08. The zero-order chi connectivity index (χ0) is 14.7. The van der Waals surface area contributed by atoms with Gasteiger partial charge in [-0.05, 0) is 37.7 Å². The third kappa shape index (κ3) is 2.99. The molecule has 1 saturated heterocycles. The minimum Gasteiger partial charge on any atom is -0.447 e. The van der Waals surface area contributed by atoms with Gasteiger partial charge in [-0.25, -0.2) is 9.69 Å². The molecule has 21 heavy (non-hydrogen) atoms. The van der Waals surface area contributed by atoms with Crippen molar-refractivity contribution in [2.45, 2.75) is 38.1 Å². The zero-order valence-electron chi connectivity index (χ0n) is 12.0. The van der Waals surface area contributed by atoms with Crippen LogP contribution in [0.25, 0.3) is 0 Å². The summed E-state index contributed by atoms with van der Waals surface area (Å²) in [6.45, 7) is 0.284. The molecule has 1 aliphatic heterocycles. The zero-order valence-corrected chi connectivity index (χ0v) is 12.0. The first-order chi connectivity index (χ1) is 10.3. The normalized spacial score (nSPS) is 21.9. The van der Waals surface area contributed by atoms with Crippen LogP contribution in [0.3, 0.4) is 0 Å². The number of allylic oxidation sites excluding steroid dienone is 1. The number of amides is 2. The smallest absolute Gasteiger partial charge is 0.417 e. The number of rotatable bonds is 3. The molecule has 0 unspecified atom stereocenters. The van der Waals surface area contributed by atoms with Gasteiger partial charge in [-0.2, -0.15) is 0 Å². The lowest BCUT2D eigenvalue weighted by Gasteiger charge is -2.22. The van der Waals surface area contributed by atoms with Crippen molar-refractivity contribution in [1.29, 1.82) is 0 Å². The SMILES string of the molecule is O=C1OC[C@H](Cc2ccccc2)N1C(=O)C1=CCCCC1. The van der Waals surface area contributed by atoms with E-state index in [2.05, 4.69) is 0 Å². The monoisotopic (exact) mass is 285 g/mol. The van der Waals surface area contributed by atoms with Crippen LogP contribution < -0.4 is 0 Å². The minimum atomic E-state index is -0.507. The van der Waals surface area contributed by atoms with Crippen molar-refractivity contribution < 1.29 is 14.3 Å². The highest BCUT2D eigenvalue weighted by molar-refractivity contribution is 6.03. The molecular formula is C17H19NO3. The van der Waals surface area contributed by atoms with Crippen molar-refractivity contribution >= 4 is 12.0 Å². The molecule has 0 spiro atoms. The lowest BCUT2D eigenvalue weighted by molar-refractivity contribution is -0.125. The van der Waals surface area contributed by atoms with Gasteiger partial charge < -0.3 is 4.74 Å². The summed E-state index contributed by atoms with van der Waals surface area (Å²) < 4.78 is 5.10. The Morgan fingerprint density at radius 1 is 1.24 bits per heavy atom. The van der Waals surface area contributed by atoms with Gasteiger partial charge in [0.25, 0.3) is 5.91 Å². The molecule has 1 atom stereocenters. The number of carbonyl (C=O) groups is 2. The van der Waals surface area contributed by atoms with E-state index in [9.17, 15) is 9.59 Å². The van der Waals surface area contributed by atoms with Gasteiger partial charge >= 0.3 is 6.09 Å². The Labute approximate surface area is 124 Å². The summed E-state index contributed by atoms with van der Waals surface area (Å²) in [4.78, 5) is 25.8. The van der Waals surface area contributed by atoms with E-state index in [1.807, 2.05) is 36.4 Å². The average molecular weight is 285 g/mol. The Morgan fingerprint density at radius 2 is 2.05 bits per heavy atom.